The van der Waals surface area contributed by atoms with E-state index in [0.29, 0.717) is 25.9 Å². The maximum atomic E-state index is 13.6. The van der Waals surface area contributed by atoms with Crippen LogP contribution in [0.2, 0.25) is 0 Å². The van der Waals surface area contributed by atoms with E-state index in [-0.39, 0.29) is 42.5 Å². The van der Waals surface area contributed by atoms with Crippen LogP contribution in [-0.2, 0) is 30.8 Å². The molecule has 2 aliphatic rings. The van der Waals surface area contributed by atoms with Gasteiger partial charge in [0.15, 0.2) is 0 Å². The number of piperidine rings is 1. The summed E-state index contributed by atoms with van der Waals surface area (Å²) >= 11 is 0. The van der Waals surface area contributed by atoms with Gasteiger partial charge in [0.1, 0.15) is 11.6 Å². The number of amides is 2. The molecule has 2 amide bonds. The second-order valence-corrected chi connectivity index (χ2v) is 11.4. The van der Waals surface area contributed by atoms with E-state index in [1.54, 1.807) is 17.0 Å². The first-order valence-electron chi connectivity index (χ1n) is 12.7. The topological polar surface area (TPSA) is 150 Å². The van der Waals surface area contributed by atoms with Gasteiger partial charge in [0, 0.05) is 32.5 Å². The van der Waals surface area contributed by atoms with Gasteiger partial charge in [-0.3, -0.25) is 4.79 Å². The van der Waals surface area contributed by atoms with Crippen molar-refractivity contribution in [3.8, 4) is 6.07 Å². The number of nitrogens with one attached hydrogen (secondary N) is 2. The molecule has 2 aliphatic heterocycles. The van der Waals surface area contributed by atoms with Gasteiger partial charge in [-0.1, -0.05) is 53.2 Å². The van der Waals surface area contributed by atoms with Crippen molar-refractivity contribution in [2.75, 3.05) is 19.6 Å². The number of alkyl carbamates (subject to hydrolysis) is 1. The standard InChI is InChI=1S/C27H31N5O6S/c1-20-8-10-22(11-9-20)39(35,36)31-23(18-21-6-3-2-4-7-21)25(33)32-16-12-27(13-17-32)19-24(30-38-27)37-26(34)29-15-5-14-28/h2-4,6-11,23,31H,5,12-13,15-19H2,1H3,(H,29,34). The molecular weight excluding hydrogens is 522 g/mol. The summed E-state index contributed by atoms with van der Waals surface area (Å²) in [5.41, 5.74) is 1.06. The van der Waals surface area contributed by atoms with Crippen LogP contribution >= 0.6 is 0 Å². The van der Waals surface area contributed by atoms with Gasteiger partial charge in [0.25, 0.3) is 0 Å². The number of likely N-dealkylation sites (tertiary alicyclic amines) is 1. The van der Waals surface area contributed by atoms with Crippen LogP contribution < -0.4 is 10.0 Å². The number of nitrogens with zero attached hydrogens (tertiary/aromatic N) is 3. The van der Waals surface area contributed by atoms with E-state index < -0.39 is 27.8 Å². The van der Waals surface area contributed by atoms with Crippen molar-refractivity contribution in [2.45, 2.75) is 55.6 Å². The molecule has 1 atom stereocenters. The van der Waals surface area contributed by atoms with Gasteiger partial charge in [-0.15, -0.1) is 0 Å². The first-order chi connectivity index (χ1) is 18.7. The third kappa shape index (κ3) is 7.34. The minimum Gasteiger partial charge on any atom is -0.392 e. The van der Waals surface area contributed by atoms with E-state index in [2.05, 4.69) is 15.2 Å². The third-order valence-corrected chi connectivity index (χ3v) is 8.21. The van der Waals surface area contributed by atoms with E-state index in [4.69, 9.17) is 14.8 Å². The van der Waals surface area contributed by atoms with Crippen molar-refractivity contribution >= 4 is 27.9 Å². The third-order valence-electron chi connectivity index (χ3n) is 6.73. The molecule has 0 aliphatic carbocycles. The fourth-order valence-electron chi connectivity index (χ4n) is 4.53. The zero-order valence-electron chi connectivity index (χ0n) is 21.6. The molecule has 1 unspecified atom stereocenters. The minimum atomic E-state index is -3.94. The van der Waals surface area contributed by atoms with Crippen LogP contribution in [0, 0.1) is 18.3 Å². The molecule has 39 heavy (non-hydrogen) atoms. The van der Waals surface area contributed by atoms with Crippen molar-refractivity contribution in [1.82, 2.24) is 14.9 Å². The zero-order valence-corrected chi connectivity index (χ0v) is 22.4. The van der Waals surface area contributed by atoms with Crippen LogP contribution in [-0.4, -0.2) is 62.5 Å². The summed E-state index contributed by atoms with van der Waals surface area (Å²) in [7, 11) is -3.94. The fourth-order valence-corrected chi connectivity index (χ4v) is 5.72. The van der Waals surface area contributed by atoms with Gasteiger partial charge in [0.05, 0.1) is 23.8 Å². The summed E-state index contributed by atoms with van der Waals surface area (Å²) in [4.78, 5) is 32.9. The van der Waals surface area contributed by atoms with Crippen molar-refractivity contribution in [3.05, 3.63) is 65.7 Å². The molecule has 2 aromatic carbocycles. The molecular formula is C27H31N5O6S. The van der Waals surface area contributed by atoms with E-state index in [0.717, 1.165) is 11.1 Å². The lowest BCUT2D eigenvalue weighted by Gasteiger charge is -2.38. The second kappa shape index (κ2) is 12.3. The molecule has 0 radical (unpaired) electrons. The largest absolute Gasteiger partial charge is 0.413 e. The van der Waals surface area contributed by atoms with Crippen molar-refractivity contribution < 1.29 is 27.6 Å². The van der Waals surface area contributed by atoms with Crippen LogP contribution in [0.15, 0.2) is 64.6 Å². The van der Waals surface area contributed by atoms with Gasteiger partial charge in [0.2, 0.25) is 21.8 Å². The van der Waals surface area contributed by atoms with Crippen LogP contribution in [0.4, 0.5) is 4.79 Å². The van der Waals surface area contributed by atoms with Crippen LogP contribution in [0.5, 0.6) is 0 Å². The van der Waals surface area contributed by atoms with Gasteiger partial charge in [-0.25, -0.2) is 13.2 Å². The highest BCUT2D eigenvalue weighted by Gasteiger charge is 2.45. The smallest absolute Gasteiger partial charge is 0.392 e. The highest BCUT2D eigenvalue weighted by atomic mass is 32.2. The Morgan fingerprint density at radius 1 is 1.15 bits per heavy atom. The van der Waals surface area contributed by atoms with E-state index in [1.165, 1.54) is 12.1 Å². The maximum Gasteiger partial charge on any atom is 0.413 e. The number of nitriles is 1. The highest BCUT2D eigenvalue weighted by molar-refractivity contribution is 7.89. The summed E-state index contributed by atoms with van der Waals surface area (Å²) in [6, 6.07) is 16.7. The molecule has 0 saturated carbocycles. The highest BCUT2D eigenvalue weighted by Crippen LogP contribution is 2.35. The quantitative estimate of drug-likeness (QED) is 0.477. The van der Waals surface area contributed by atoms with E-state index in [1.807, 2.05) is 43.3 Å². The number of hydrogen-bond acceptors (Lipinski definition) is 8. The number of sulfonamides is 1. The number of aryl methyl sites for hydroxylation is 1. The second-order valence-electron chi connectivity index (χ2n) is 9.66. The van der Waals surface area contributed by atoms with Gasteiger partial charge in [-0.2, -0.15) is 9.98 Å². The van der Waals surface area contributed by atoms with E-state index >= 15 is 0 Å². The maximum absolute atomic E-state index is 13.6. The molecule has 206 valence electrons. The molecule has 2 aromatic rings. The Bertz CT molecular complexity index is 1350. The lowest BCUT2D eigenvalue weighted by Crippen LogP contribution is -2.54. The molecule has 12 heteroatoms. The Morgan fingerprint density at radius 3 is 2.51 bits per heavy atom. The average Bonchev–Trinajstić information content (AvgIpc) is 3.30. The Balaban J connectivity index is 1.39. The van der Waals surface area contributed by atoms with Gasteiger partial charge in [-0.05, 0) is 31.0 Å². The van der Waals surface area contributed by atoms with Gasteiger partial charge >= 0.3 is 6.09 Å². The predicted octanol–water partition coefficient (Wildman–Crippen LogP) is 2.62. The number of carbonyl (C=O) groups is 2. The first-order valence-corrected chi connectivity index (χ1v) is 14.2. The molecule has 2 heterocycles. The molecule has 4 rings (SSSR count). The molecule has 1 saturated heterocycles. The molecule has 0 aromatic heterocycles. The number of carbonyl (C=O) groups excluding carboxylic acids is 2. The summed E-state index contributed by atoms with van der Waals surface area (Å²) in [5.74, 6) is -0.186. The molecule has 11 nitrogen and oxygen atoms in total. The average molecular weight is 554 g/mol. The number of hydrogen-bond donors (Lipinski definition) is 2. The van der Waals surface area contributed by atoms with Gasteiger partial charge < -0.3 is 19.8 Å². The lowest BCUT2D eigenvalue weighted by atomic mass is 9.88. The summed E-state index contributed by atoms with van der Waals surface area (Å²) in [6.07, 6.45) is 0.807. The van der Waals surface area contributed by atoms with E-state index in [9.17, 15) is 18.0 Å². The number of benzene rings is 2. The fraction of sp³-hybridized carbons (Fsp3) is 0.407. The van der Waals surface area contributed by atoms with Crippen molar-refractivity contribution in [2.24, 2.45) is 5.16 Å². The SMILES string of the molecule is Cc1ccc(S(=O)(=O)NC(Cc2ccccc2)C(=O)N2CCC3(CC2)CC(OC(=O)NCCC#N)=NO3)cc1. The Morgan fingerprint density at radius 2 is 1.85 bits per heavy atom. The molecule has 1 fully saturated rings. The monoisotopic (exact) mass is 553 g/mol. The molecule has 1 spiro atoms. The van der Waals surface area contributed by atoms with Crippen molar-refractivity contribution in [3.63, 3.8) is 0 Å². The molecule has 2 N–H and O–H groups in total. The Labute approximate surface area is 227 Å². The number of ether oxygens (including phenoxy) is 1. The van der Waals surface area contributed by atoms with Crippen molar-refractivity contribution in [1.29, 1.82) is 5.26 Å². The van der Waals surface area contributed by atoms with Crippen LogP contribution in [0.3, 0.4) is 0 Å². The number of rotatable bonds is 8. The summed E-state index contributed by atoms with van der Waals surface area (Å²) in [5, 5.41) is 14.9. The predicted molar refractivity (Wildman–Crippen MR) is 142 cm³/mol. The minimum absolute atomic E-state index is 0.0947. The number of oxime groups is 1. The summed E-state index contributed by atoms with van der Waals surface area (Å²) in [6.45, 7) is 2.69. The van der Waals surface area contributed by atoms with Crippen LogP contribution in [0.25, 0.3) is 0 Å². The normalized spacial score (nSPS) is 17.0. The Kier molecular flexibility index (Phi) is 8.83. The zero-order chi connectivity index (χ0) is 27.9. The first kappa shape index (κ1) is 28.1. The summed E-state index contributed by atoms with van der Waals surface area (Å²) < 4.78 is 34.1. The lowest BCUT2D eigenvalue weighted by molar-refractivity contribution is -0.138. The van der Waals surface area contributed by atoms with Crippen LogP contribution in [0.1, 0.15) is 36.8 Å². The Hall–Kier alpha value is -3.95. The molecule has 0 bridgehead atoms.